The van der Waals surface area contributed by atoms with Gasteiger partial charge in [0.05, 0.1) is 0 Å². The Kier molecular flexibility index (Phi) is 6.38. The van der Waals surface area contributed by atoms with Crippen molar-refractivity contribution >= 4 is 5.91 Å². The van der Waals surface area contributed by atoms with Crippen molar-refractivity contribution in [3.63, 3.8) is 0 Å². The summed E-state index contributed by atoms with van der Waals surface area (Å²) >= 11 is 0. The predicted molar refractivity (Wildman–Crippen MR) is 126 cm³/mol. The highest BCUT2D eigenvalue weighted by Gasteiger charge is 2.57. The smallest absolute Gasteiger partial charge is 0.381 e. The third-order valence-electron chi connectivity index (χ3n) is 8.63. The van der Waals surface area contributed by atoms with Gasteiger partial charge in [-0.15, -0.1) is 0 Å². The highest BCUT2D eigenvalue weighted by Crippen LogP contribution is 2.51. The van der Waals surface area contributed by atoms with E-state index in [0.717, 1.165) is 11.1 Å². The summed E-state index contributed by atoms with van der Waals surface area (Å²) in [6, 6.07) is 9.81. The number of carbonyl (C=O) groups is 1. The van der Waals surface area contributed by atoms with Crippen molar-refractivity contribution in [3.8, 4) is 0 Å². The molecule has 2 aromatic rings. The zero-order valence-electron chi connectivity index (χ0n) is 20.6. The number of carbonyl (C=O) groups excluding carboxylic acids is 1. The van der Waals surface area contributed by atoms with Crippen LogP contribution in [-0.4, -0.2) is 53.5 Å². The molecule has 1 N–H and O–H groups in total. The summed E-state index contributed by atoms with van der Waals surface area (Å²) in [5.41, 5.74) is -3.88. The SMILES string of the molecule is CC(F)(c1ccc2c(c1)CC[C@H]1N(C(=O)C3(O)CCOCC3)CC[C@@]21Cc1ccc(F)cc1)C(F)(F)F. The number of benzene rings is 2. The largest absolute Gasteiger partial charge is 0.426 e. The second-order valence-corrected chi connectivity index (χ2v) is 10.8. The number of alkyl halides is 4. The second-order valence-electron chi connectivity index (χ2n) is 10.8. The van der Waals surface area contributed by atoms with Gasteiger partial charge in [0.2, 0.25) is 5.67 Å². The van der Waals surface area contributed by atoms with E-state index in [-0.39, 0.29) is 43.8 Å². The number of amides is 1. The standard InChI is InChI=1S/C28H30F5NO3/c1-25(30,28(31,32)33)20-5-8-22-19(16-20)4-9-23-26(22,17-18-2-6-21(29)7-3-18)10-13-34(23)24(35)27(36)11-14-37-15-12-27/h2-3,5-8,16,23,36H,4,9-15,17H2,1H3/t23-,25?,26-/m1/s1. The molecule has 1 aliphatic carbocycles. The van der Waals surface area contributed by atoms with Crippen LogP contribution in [-0.2, 0) is 33.5 Å². The molecule has 3 aliphatic rings. The molecule has 37 heavy (non-hydrogen) atoms. The molecule has 200 valence electrons. The van der Waals surface area contributed by atoms with Crippen molar-refractivity contribution in [1.29, 1.82) is 0 Å². The first kappa shape index (κ1) is 26.1. The molecule has 0 bridgehead atoms. The normalized spacial score (nSPS) is 26.8. The number of hydrogen-bond donors (Lipinski definition) is 1. The summed E-state index contributed by atoms with van der Waals surface area (Å²) in [7, 11) is 0. The van der Waals surface area contributed by atoms with Crippen molar-refractivity contribution in [2.45, 2.75) is 74.4 Å². The summed E-state index contributed by atoms with van der Waals surface area (Å²) in [6.07, 6.45) is -2.87. The highest BCUT2D eigenvalue weighted by molar-refractivity contribution is 5.86. The van der Waals surface area contributed by atoms with Gasteiger partial charge in [-0.25, -0.2) is 8.78 Å². The van der Waals surface area contributed by atoms with Gasteiger partial charge in [0, 0.05) is 44.1 Å². The van der Waals surface area contributed by atoms with E-state index < -0.39 is 28.4 Å². The molecular formula is C28H30F5NO3. The number of likely N-dealkylation sites (tertiary alicyclic amines) is 1. The van der Waals surface area contributed by atoms with Crippen LogP contribution in [0, 0.1) is 5.82 Å². The first-order valence-electron chi connectivity index (χ1n) is 12.6. The van der Waals surface area contributed by atoms with Crippen LogP contribution in [0.1, 0.15) is 54.9 Å². The van der Waals surface area contributed by atoms with Gasteiger partial charge >= 0.3 is 6.18 Å². The first-order chi connectivity index (χ1) is 17.4. The Morgan fingerprint density at radius 2 is 1.76 bits per heavy atom. The van der Waals surface area contributed by atoms with Crippen LogP contribution in [0.3, 0.4) is 0 Å². The fourth-order valence-electron chi connectivity index (χ4n) is 6.42. The van der Waals surface area contributed by atoms with E-state index in [9.17, 15) is 31.9 Å². The maximum absolute atomic E-state index is 14.8. The molecule has 0 spiro atoms. The van der Waals surface area contributed by atoms with E-state index in [0.29, 0.717) is 44.7 Å². The lowest BCUT2D eigenvalue weighted by molar-refractivity contribution is -0.228. The molecule has 4 nitrogen and oxygen atoms in total. The van der Waals surface area contributed by atoms with E-state index in [2.05, 4.69) is 0 Å². The molecule has 2 saturated heterocycles. The molecule has 9 heteroatoms. The Labute approximate surface area is 212 Å². The molecule has 1 unspecified atom stereocenters. The van der Waals surface area contributed by atoms with Gasteiger partial charge < -0.3 is 14.7 Å². The fourth-order valence-corrected chi connectivity index (χ4v) is 6.42. The number of fused-ring (bicyclic) bond motifs is 3. The minimum atomic E-state index is -5.06. The van der Waals surface area contributed by atoms with E-state index in [1.807, 2.05) is 0 Å². The Bertz CT molecular complexity index is 1170. The minimum Gasteiger partial charge on any atom is -0.381 e. The summed E-state index contributed by atoms with van der Waals surface area (Å²) in [4.78, 5) is 15.3. The summed E-state index contributed by atoms with van der Waals surface area (Å²) in [5.74, 6) is -0.735. The number of hydrogen-bond acceptors (Lipinski definition) is 3. The van der Waals surface area contributed by atoms with Gasteiger partial charge in [-0.1, -0.05) is 30.3 Å². The van der Waals surface area contributed by atoms with Crippen LogP contribution in [0.25, 0.3) is 0 Å². The molecule has 0 aromatic heterocycles. The number of aliphatic hydroxyl groups is 1. The number of rotatable bonds is 4. The molecule has 3 atom stereocenters. The van der Waals surface area contributed by atoms with Crippen LogP contribution in [0.4, 0.5) is 22.0 Å². The highest BCUT2D eigenvalue weighted by atomic mass is 19.4. The van der Waals surface area contributed by atoms with Crippen LogP contribution in [0.2, 0.25) is 0 Å². The molecule has 2 aromatic carbocycles. The van der Waals surface area contributed by atoms with Crippen LogP contribution >= 0.6 is 0 Å². The van der Waals surface area contributed by atoms with Crippen molar-refractivity contribution in [3.05, 3.63) is 70.5 Å². The van der Waals surface area contributed by atoms with Crippen molar-refractivity contribution in [2.75, 3.05) is 19.8 Å². The van der Waals surface area contributed by atoms with E-state index in [1.165, 1.54) is 24.3 Å². The Hall–Kier alpha value is -2.52. The molecule has 5 rings (SSSR count). The fraction of sp³-hybridized carbons (Fsp3) is 0.536. The molecular weight excluding hydrogens is 493 g/mol. The van der Waals surface area contributed by atoms with Crippen molar-refractivity contribution in [2.24, 2.45) is 0 Å². The van der Waals surface area contributed by atoms with Gasteiger partial charge in [-0.3, -0.25) is 4.79 Å². The summed E-state index contributed by atoms with van der Waals surface area (Å²) in [6.45, 7) is 1.47. The predicted octanol–water partition coefficient (Wildman–Crippen LogP) is 5.14. The van der Waals surface area contributed by atoms with E-state index in [4.69, 9.17) is 4.74 Å². The molecule has 0 radical (unpaired) electrons. The number of aryl methyl sites for hydroxylation is 1. The third-order valence-corrected chi connectivity index (χ3v) is 8.63. The topological polar surface area (TPSA) is 49.8 Å². The summed E-state index contributed by atoms with van der Waals surface area (Å²) < 4.78 is 74.1. The maximum Gasteiger partial charge on any atom is 0.426 e. The number of ether oxygens (including phenoxy) is 1. The van der Waals surface area contributed by atoms with E-state index >= 15 is 0 Å². The van der Waals surface area contributed by atoms with Gasteiger partial charge in [0.25, 0.3) is 5.91 Å². The Balaban J connectivity index is 1.56. The average molecular weight is 524 g/mol. The van der Waals surface area contributed by atoms with Crippen molar-refractivity contribution in [1.82, 2.24) is 4.90 Å². The van der Waals surface area contributed by atoms with Gasteiger partial charge in [0.1, 0.15) is 11.4 Å². The first-order valence-corrected chi connectivity index (χ1v) is 12.6. The maximum atomic E-state index is 14.8. The lowest BCUT2D eigenvalue weighted by Gasteiger charge is -2.45. The van der Waals surface area contributed by atoms with Gasteiger partial charge in [-0.2, -0.15) is 13.2 Å². The van der Waals surface area contributed by atoms with Crippen molar-refractivity contribution < 1.29 is 36.6 Å². The molecule has 0 saturated carbocycles. The molecule has 2 heterocycles. The van der Waals surface area contributed by atoms with Gasteiger partial charge in [-0.05, 0) is 67.0 Å². The zero-order valence-corrected chi connectivity index (χ0v) is 20.6. The lowest BCUT2D eigenvalue weighted by Crippen LogP contribution is -2.56. The Morgan fingerprint density at radius 1 is 1.08 bits per heavy atom. The molecule has 1 amide bonds. The number of halogens is 5. The van der Waals surface area contributed by atoms with Crippen LogP contribution in [0.5, 0.6) is 0 Å². The summed E-state index contributed by atoms with van der Waals surface area (Å²) in [5, 5.41) is 11.1. The second kappa shape index (κ2) is 9.05. The third kappa shape index (κ3) is 4.34. The monoisotopic (exact) mass is 523 g/mol. The zero-order chi connectivity index (χ0) is 26.6. The quantitative estimate of drug-likeness (QED) is 0.565. The minimum absolute atomic E-state index is 0.201. The lowest BCUT2D eigenvalue weighted by atomic mass is 9.63. The average Bonchev–Trinajstić information content (AvgIpc) is 3.23. The van der Waals surface area contributed by atoms with Crippen LogP contribution < -0.4 is 0 Å². The molecule has 2 aliphatic heterocycles. The van der Waals surface area contributed by atoms with E-state index in [1.54, 1.807) is 23.1 Å². The Morgan fingerprint density at radius 3 is 2.41 bits per heavy atom. The molecule has 2 fully saturated rings. The number of nitrogens with zero attached hydrogens (tertiary/aromatic N) is 1. The van der Waals surface area contributed by atoms with Crippen LogP contribution in [0.15, 0.2) is 42.5 Å². The van der Waals surface area contributed by atoms with Gasteiger partial charge in [0.15, 0.2) is 0 Å².